The standard InChI is InChI=1S/C50H36N4O.C10H6N2O/c1-5-16-32-37-22-15-21-31(45(37)50(3,4)39(32)6-2)30-27-28-44-38(29-30)46-47(55-44)48(53-40-23-11-7-17-33(40)34-18-8-12-24-41(34)53)52-49(51-46)54-42-25-13-9-19-35(42)36-20-10-14-26-43(36)54;1-2-4-8-7(3-1)10-9(13-8)5-11-6-12-10/h5-29H,1H2,2-4H3;1-6H/b32-16+,39-6+;. The second-order valence-corrected chi connectivity index (χ2v) is 17.8. The normalized spacial score (nSPS) is 14.6. The Labute approximate surface area is 390 Å². The largest absolute Gasteiger partial charge is 0.453 e. The molecule has 0 unspecified atom stereocenters. The van der Waals surface area contributed by atoms with E-state index in [1.54, 1.807) is 6.20 Å². The Morgan fingerprint density at radius 3 is 1.79 bits per heavy atom. The van der Waals surface area contributed by atoms with Crippen LogP contribution in [-0.2, 0) is 5.41 Å². The Bertz CT molecular complexity index is 4130. The highest BCUT2D eigenvalue weighted by Crippen LogP contribution is 2.53. The van der Waals surface area contributed by atoms with Crippen molar-refractivity contribution in [3.63, 3.8) is 0 Å². The van der Waals surface area contributed by atoms with Gasteiger partial charge in [0.1, 0.15) is 28.5 Å². The van der Waals surface area contributed by atoms with Crippen molar-refractivity contribution in [3.8, 4) is 22.9 Å². The first-order valence-electron chi connectivity index (χ1n) is 22.9. The zero-order valence-electron chi connectivity index (χ0n) is 37.6. The molecule has 0 saturated heterocycles. The number of benzene rings is 7. The molecule has 68 heavy (non-hydrogen) atoms. The predicted molar refractivity (Wildman–Crippen MR) is 278 cm³/mol. The molecule has 6 aromatic heterocycles. The van der Waals surface area contributed by atoms with Crippen LogP contribution in [0.1, 0.15) is 31.9 Å². The minimum absolute atomic E-state index is 0.196. The number of fused-ring (bicyclic) bond motifs is 13. The summed E-state index contributed by atoms with van der Waals surface area (Å²) in [6, 6.07) is 55.1. The Hall–Kier alpha value is -8.88. The van der Waals surface area contributed by atoms with E-state index in [-0.39, 0.29) is 5.41 Å². The molecule has 0 amide bonds. The van der Waals surface area contributed by atoms with Gasteiger partial charge < -0.3 is 8.83 Å². The number of allylic oxidation sites excluding steroid dienone is 5. The zero-order chi connectivity index (χ0) is 45.7. The maximum atomic E-state index is 6.88. The highest BCUT2D eigenvalue weighted by Gasteiger charge is 2.39. The molecule has 7 aromatic carbocycles. The maximum Gasteiger partial charge on any atom is 0.237 e. The van der Waals surface area contributed by atoms with Crippen LogP contribution < -0.4 is 0 Å². The molecule has 0 radical (unpaired) electrons. The number of para-hydroxylation sites is 5. The number of hydrogen-bond acceptors (Lipinski definition) is 6. The summed E-state index contributed by atoms with van der Waals surface area (Å²) in [7, 11) is 0. The Balaban J connectivity index is 0.000000301. The molecule has 8 nitrogen and oxygen atoms in total. The molecule has 13 aromatic rings. The van der Waals surface area contributed by atoms with Crippen LogP contribution in [0.15, 0.2) is 209 Å². The van der Waals surface area contributed by atoms with E-state index in [1.165, 1.54) is 34.2 Å². The number of aromatic nitrogens is 6. The van der Waals surface area contributed by atoms with E-state index in [9.17, 15) is 0 Å². The van der Waals surface area contributed by atoms with E-state index in [4.69, 9.17) is 18.8 Å². The van der Waals surface area contributed by atoms with Crippen molar-refractivity contribution in [1.82, 2.24) is 29.1 Å². The van der Waals surface area contributed by atoms with Gasteiger partial charge in [0.2, 0.25) is 5.95 Å². The van der Waals surface area contributed by atoms with Crippen LogP contribution >= 0.6 is 0 Å². The van der Waals surface area contributed by atoms with Gasteiger partial charge in [-0.05, 0) is 88.9 Å². The van der Waals surface area contributed by atoms with Crippen molar-refractivity contribution < 1.29 is 8.83 Å². The van der Waals surface area contributed by atoms with Crippen molar-refractivity contribution in [2.45, 2.75) is 26.2 Å². The fourth-order valence-electron chi connectivity index (χ4n) is 10.9. The lowest BCUT2D eigenvalue weighted by Gasteiger charge is -2.24. The average molecular weight is 879 g/mol. The van der Waals surface area contributed by atoms with Gasteiger partial charge in [-0.15, -0.1) is 0 Å². The third kappa shape index (κ3) is 5.73. The van der Waals surface area contributed by atoms with Gasteiger partial charge in [-0.1, -0.05) is 148 Å². The van der Waals surface area contributed by atoms with E-state index in [1.807, 2.05) is 30.3 Å². The number of nitrogens with zero attached hydrogens (tertiary/aromatic N) is 6. The van der Waals surface area contributed by atoms with Gasteiger partial charge in [-0.2, -0.15) is 4.98 Å². The summed E-state index contributed by atoms with van der Waals surface area (Å²) < 4.78 is 16.8. The lowest BCUT2D eigenvalue weighted by molar-refractivity contribution is 0.660. The van der Waals surface area contributed by atoms with E-state index < -0.39 is 0 Å². The third-order valence-electron chi connectivity index (χ3n) is 13.7. The Morgan fingerprint density at radius 1 is 0.559 bits per heavy atom. The molecule has 0 spiro atoms. The van der Waals surface area contributed by atoms with Gasteiger partial charge in [0.05, 0.1) is 28.3 Å². The SMILES string of the molecule is C=C/C=C1/C(=C\C)C(C)(C)c2c1cccc2-c1ccc2oc3c(-n4c5ccccc5c5ccccc54)nc(-n4c5ccccc5c5ccccc54)nc3c2c1.c1ccc2c(c1)oc1cncnc12. The summed E-state index contributed by atoms with van der Waals surface area (Å²) in [4.78, 5) is 19.0. The quantitative estimate of drug-likeness (QED) is 0.175. The molecule has 0 fully saturated rings. The molecule has 0 bridgehead atoms. The van der Waals surface area contributed by atoms with Crippen molar-refractivity contribution in [2.75, 3.05) is 0 Å². The Morgan fingerprint density at radius 2 is 1.15 bits per heavy atom. The number of hydrogen-bond donors (Lipinski definition) is 0. The smallest absolute Gasteiger partial charge is 0.237 e. The van der Waals surface area contributed by atoms with Crippen LogP contribution in [0.2, 0.25) is 0 Å². The zero-order valence-corrected chi connectivity index (χ0v) is 37.6. The first-order valence-corrected chi connectivity index (χ1v) is 22.9. The van der Waals surface area contributed by atoms with Crippen LogP contribution in [-0.4, -0.2) is 29.1 Å². The maximum absolute atomic E-state index is 6.88. The minimum Gasteiger partial charge on any atom is -0.453 e. The van der Waals surface area contributed by atoms with Crippen molar-refractivity contribution >= 4 is 93.3 Å². The molecule has 0 saturated carbocycles. The molecule has 324 valence electrons. The lowest BCUT2D eigenvalue weighted by Crippen LogP contribution is -2.16. The Kier molecular flexibility index (Phi) is 8.76. The van der Waals surface area contributed by atoms with Gasteiger partial charge in [-0.3, -0.25) is 9.13 Å². The van der Waals surface area contributed by atoms with Crippen LogP contribution in [0.4, 0.5) is 0 Å². The molecular formula is C60H42N6O2. The molecule has 6 heterocycles. The molecular weight excluding hydrogens is 837 g/mol. The van der Waals surface area contributed by atoms with Crippen molar-refractivity contribution in [3.05, 3.63) is 212 Å². The molecule has 1 aliphatic carbocycles. The average Bonchev–Trinajstić information content (AvgIpc) is 4.17. The first kappa shape index (κ1) is 39.5. The molecule has 8 heteroatoms. The monoisotopic (exact) mass is 878 g/mol. The molecule has 0 atom stereocenters. The van der Waals surface area contributed by atoms with Gasteiger partial charge in [-0.25, -0.2) is 15.0 Å². The fourth-order valence-corrected chi connectivity index (χ4v) is 10.9. The highest BCUT2D eigenvalue weighted by molar-refractivity contribution is 6.13. The third-order valence-corrected chi connectivity index (χ3v) is 13.7. The van der Waals surface area contributed by atoms with Crippen molar-refractivity contribution in [1.29, 1.82) is 0 Å². The van der Waals surface area contributed by atoms with Crippen molar-refractivity contribution in [2.24, 2.45) is 0 Å². The summed E-state index contributed by atoms with van der Waals surface area (Å²) in [6.45, 7) is 10.8. The topological polar surface area (TPSA) is 87.7 Å². The second-order valence-electron chi connectivity index (χ2n) is 17.8. The number of furan rings is 2. The first-order chi connectivity index (χ1) is 33.4. The lowest BCUT2D eigenvalue weighted by atomic mass is 9.78. The fraction of sp³-hybridized carbons (Fsp3) is 0.0667. The van der Waals surface area contributed by atoms with E-state index >= 15 is 0 Å². The van der Waals surface area contributed by atoms with Gasteiger partial charge in [0.25, 0.3) is 0 Å². The van der Waals surface area contributed by atoms with E-state index in [0.29, 0.717) is 17.3 Å². The van der Waals surface area contributed by atoms with Crippen LogP contribution in [0.25, 0.3) is 116 Å². The molecule has 0 aliphatic heterocycles. The van der Waals surface area contributed by atoms with Gasteiger partial charge in [0.15, 0.2) is 17.0 Å². The summed E-state index contributed by atoms with van der Waals surface area (Å²) in [5.74, 6) is 1.30. The number of rotatable bonds is 4. The molecule has 14 rings (SSSR count). The summed E-state index contributed by atoms with van der Waals surface area (Å²) >= 11 is 0. The molecule has 0 N–H and O–H groups in total. The van der Waals surface area contributed by atoms with E-state index in [0.717, 1.165) is 87.7 Å². The van der Waals surface area contributed by atoms with Crippen LogP contribution in [0.5, 0.6) is 0 Å². The van der Waals surface area contributed by atoms with Crippen LogP contribution in [0, 0.1) is 0 Å². The van der Waals surface area contributed by atoms with Gasteiger partial charge in [0, 0.05) is 37.7 Å². The summed E-state index contributed by atoms with van der Waals surface area (Å²) in [6.07, 6.45) is 9.49. The second kappa shape index (κ2) is 15.1. The predicted octanol–water partition coefficient (Wildman–Crippen LogP) is 15.4. The summed E-state index contributed by atoms with van der Waals surface area (Å²) in [5.41, 5.74) is 16.1. The minimum atomic E-state index is -0.196. The summed E-state index contributed by atoms with van der Waals surface area (Å²) in [5, 5.41) is 6.62. The van der Waals surface area contributed by atoms with Crippen LogP contribution in [0.3, 0.4) is 0 Å². The van der Waals surface area contributed by atoms with Gasteiger partial charge >= 0.3 is 0 Å². The highest BCUT2D eigenvalue weighted by atomic mass is 16.3. The molecule has 1 aliphatic rings. The van der Waals surface area contributed by atoms with E-state index in [2.05, 4.69) is 192 Å².